The summed E-state index contributed by atoms with van der Waals surface area (Å²) in [5.41, 5.74) is 7.11. The Hall–Kier alpha value is -2.88. The van der Waals surface area contributed by atoms with Crippen LogP contribution in [0.5, 0.6) is 5.75 Å². The molecule has 35 heavy (non-hydrogen) atoms. The van der Waals surface area contributed by atoms with Gasteiger partial charge in [0, 0.05) is 11.9 Å². The van der Waals surface area contributed by atoms with E-state index in [4.69, 9.17) is 24.5 Å². The molecule has 0 saturated carbocycles. The van der Waals surface area contributed by atoms with Crippen LogP contribution in [0.4, 0.5) is 0 Å². The number of rotatable bonds is 9. The molecular formula is C26H35BN2O6. The van der Waals surface area contributed by atoms with Crippen LogP contribution < -0.4 is 21.3 Å². The lowest BCUT2D eigenvalue weighted by atomic mass is 9.77. The zero-order valence-corrected chi connectivity index (χ0v) is 21.3. The van der Waals surface area contributed by atoms with E-state index in [0.29, 0.717) is 17.8 Å². The number of ether oxygens (including phenoxy) is 2. The molecule has 2 aromatic carbocycles. The number of methoxy groups -OCH3 is 1. The number of carbonyl (C=O) groups is 2. The molecule has 3 N–H and O–H groups in total. The number of amides is 1. The first kappa shape index (κ1) is 26.7. The first-order chi connectivity index (χ1) is 16.4. The van der Waals surface area contributed by atoms with E-state index in [2.05, 4.69) is 5.32 Å². The molecule has 2 atom stereocenters. The summed E-state index contributed by atoms with van der Waals surface area (Å²) >= 11 is 0. The second-order valence-corrected chi connectivity index (χ2v) is 9.81. The average molecular weight is 482 g/mol. The maximum absolute atomic E-state index is 12.4. The summed E-state index contributed by atoms with van der Waals surface area (Å²) in [6.07, 6.45) is 0.205. The van der Waals surface area contributed by atoms with Crippen LogP contribution in [-0.4, -0.2) is 49.4 Å². The zero-order chi connectivity index (χ0) is 25.8. The monoisotopic (exact) mass is 482 g/mol. The normalized spacial score (nSPS) is 18.0. The number of hydrogen-bond donors (Lipinski definition) is 2. The Labute approximate surface area is 207 Å². The molecule has 0 aromatic heterocycles. The minimum atomic E-state index is -0.888. The highest BCUT2D eigenvalue weighted by Crippen LogP contribution is 2.37. The van der Waals surface area contributed by atoms with Crippen LogP contribution in [0.25, 0.3) is 0 Å². The van der Waals surface area contributed by atoms with Crippen LogP contribution >= 0.6 is 0 Å². The molecule has 188 valence electrons. The molecule has 1 saturated heterocycles. The zero-order valence-electron chi connectivity index (χ0n) is 21.3. The highest BCUT2D eigenvalue weighted by Gasteiger charge is 2.52. The van der Waals surface area contributed by atoms with Gasteiger partial charge in [0.15, 0.2) is 0 Å². The predicted molar refractivity (Wildman–Crippen MR) is 134 cm³/mol. The van der Waals surface area contributed by atoms with Crippen molar-refractivity contribution in [2.45, 2.75) is 70.9 Å². The van der Waals surface area contributed by atoms with Crippen LogP contribution in [0.2, 0.25) is 0 Å². The summed E-state index contributed by atoms with van der Waals surface area (Å²) < 4.78 is 23.6. The van der Waals surface area contributed by atoms with Gasteiger partial charge in [0.05, 0.1) is 24.4 Å². The Balaban J connectivity index is 1.91. The van der Waals surface area contributed by atoms with Crippen molar-refractivity contribution < 1.29 is 28.4 Å². The molecule has 0 bridgehead atoms. The van der Waals surface area contributed by atoms with Crippen molar-refractivity contribution in [2.75, 3.05) is 7.11 Å². The summed E-state index contributed by atoms with van der Waals surface area (Å²) in [4.78, 5) is 24.5. The van der Waals surface area contributed by atoms with E-state index in [1.807, 2.05) is 76.2 Å². The van der Waals surface area contributed by atoms with Gasteiger partial charge in [-0.1, -0.05) is 42.5 Å². The summed E-state index contributed by atoms with van der Waals surface area (Å²) in [7, 11) is 0.616. The maximum atomic E-state index is 12.4. The van der Waals surface area contributed by atoms with Gasteiger partial charge >= 0.3 is 13.1 Å². The number of benzene rings is 2. The fraction of sp³-hybridized carbons (Fsp3) is 0.462. The van der Waals surface area contributed by atoms with Gasteiger partial charge in [-0.2, -0.15) is 0 Å². The lowest BCUT2D eigenvalue weighted by molar-refractivity contribution is -0.145. The Morgan fingerprint density at radius 3 is 2.23 bits per heavy atom. The second-order valence-electron chi connectivity index (χ2n) is 9.81. The summed E-state index contributed by atoms with van der Waals surface area (Å²) in [6, 6.07) is 13.8. The molecule has 0 unspecified atom stereocenters. The van der Waals surface area contributed by atoms with E-state index in [1.165, 1.54) is 7.11 Å². The summed E-state index contributed by atoms with van der Waals surface area (Å²) in [6.45, 7) is 9.87. The predicted octanol–water partition coefficient (Wildman–Crippen LogP) is 2.11. The highest BCUT2D eigenvalue weighted by molar-refractivity contribution is 6.63. The number of hydrogen-bond acceptors (Lipinski definition) is 7. The van der Waals surface area contributed by atoms with Gasteiger partial charge in [0.2, 0.25) is 5.91 Å². The number of carbonyl (C=O) groups excluding carboxylic acids is 2. The van der Waals surface area contributed by atoms with Crippen molar-refractivity contribution in [3.05, 3.63) is 59.7 Å². The summed E-state index contributed by atoms with van der Waals surface area (Å²) in [5, 5.41) is 2.66. The van der Waals surface area contributed by atoms with Gasteiger partial charge < -0.3 is 29.8 Å². The Morgan fingerprint density at radius 2 is 1.66 bits per heavy atom. The topological polar surface area (TPSA) is 109 Å². The molecule has 1 aliphatic rings. The largest absolute Gasteiger partial charge is 0.498 e. The summed E-state index contributed by atoms with van der Waals surface area (Å²) in [5.74, 6) is -0.375. The third-order valence-electron chi connectivity index (χ3n) is 6.47. The standard InChI is InChI=1S/C26H35BN2O6/c1-17(28)23(30)29-21(24(31)32-6)15-19-12-13-22(33-16-18-10-8-7-9-11-18)20(14-19)27-34-25(2,3)26(4,5)35-27/h7-14,17,21H,15-16,28H2,1-6H3,(H,29,30)/t17-,21-/m0/s1. The van der Waals surface area contributed by atoms with Gasteiger partial charge in [0.25, 0.3) is 0 Å². The van der Waals surface area contributed by atoms with Gasteiger partial charge in [-0.3, -0.25) is 4.79 Å². The van der Waals surface area contributed by atoms with Crippen LogP contribution in [0.15, 0.2) is 48.5 Å². The smallest absolute Gasteiger partial charge is 0.489 e. The fourth-order valence-electron chi connectivity index (χ4n) is 3.62. The minimum absolute atomic E-state index is 0.205. The Bertz CT molecular complexity index is 1030. The average Bonchev–Trinajstić information content (AvgIpc) is 3.04. The van der Waals surface area contributed by atoms with Crippen molar-refractivity contribution >= 4 is 24.5 Å². The van der Waals surface area contributed by atoms with Gasteiger partial charge in [-0.05, 0) is 51.8 Å². The molecule has 2 aromatic rings. The first-order valence-corrected chi connectivity index (χ1v) is 11.7. The lowest BCUT2D eigenvalue weighted by Gasteiger charge is -2.32. The van der Waals surface area contributed by atoms with Crippen LogP contribution in [0.1, 0.15) is 45.7 Å². The molecule has 1 amide bonds. The van der Waals surface area contributed by atoms with E-state index >= 15 is 0 Å². The van der Waals surface area contributed by atoms with E-state index in [0.717, 1.165) is 11.1 Å². The van der Waals surface area contributed by atoms with Crippen LogP contribution in [0.3, 0.4) is 0 Å². The number of nitrogens with one attached hydrogen (secondary N) is 1. The Morgan fingerprint density at radius 1 is 1.03 bits per heavy atom. The third-order valence-corrected chi connectivity index (χ3v) is 6.47. The molecule has 0 spiro atoms. The molecule has 1 heterocycles. The van der Waals surface area contributed by atoms with E-state index < -0.39 is 42.3 Å². The first-order valence-electron chi connectivity index (χ1n) is 11.7. The number of esters is 1. The Kier molecular flexibility index (Phi) is 8.25. The van der Waals surface area contributed by atoms with E-state index in [-0.39, 0.29) is 6.42 Å². The highest BCUT2D eigenvalue weighted by atomic mass is 16.7. The minimum Gasteiger partial charge on any atom is -0.489 e. The number of nitrogens with two attached hydrogens (primary N) is 1. The van der Waals surface area contributed by atoms with Crippen molar-refractivity contribution in [1.29, 1.82) is 0 Å². The molecule has 1 aliphatic heterocycles. The molecular weight excluding hydrogens is 447 g/mol. The van der Waals surface area contributed by atoms with Crippen molar-refractivity contribution in [2.24, 2.45) is 5.73 Å². The van der Waals surface area contributed by atoms with Gasteiger partial charge in [-0.25, -0.2) is 4.79 Å². The SMILES string of the molecule is COC(=O)[C@H](Cc1ccc(OCc2ccccc2)c(B2OC(C)(C)C(C)(C)O2)c1)NC(=O)[C@H](C)N. The van der Waals surface area contributed by atoms with Crippen LogP contribution in [-0.2, 0) is 36.7 Å². The molecule has 0 aliphatic carbocycles. The lowest BCUT2D eigenvalue weighted by Crippen LogP contribution is -2.48. The second kappa shape index (κ2) is 10.8. The van der Waals surface area contributed by atoms with Crippen molar-refractivity contribution in [3.63, 3.8) is 0 Å². The maximum Gasteiger partial charge on any atom is 0.498 e. The van der Waals surface area contributed by atoms with E-state index in [1.54, 1.807) is 6.92 Å². The molecule has 3 rings (SSSR count). The van der Waals surface area contributed by atoms with Crippen molar-refractivity contribution in [3.8, 4) is 5.75 Å². The van der Waals surface area contributed by atoms with Gasteiger partial charge in [0.1, 0.15) is 18.4 Å². The molecule has 1 fully saturated rings. The fourth-order valence-corrected chi connectivity index (χ4v) is 3.62. The van der Waals surface area contributed by atoms with Crippen LogP contribution in [0, 0.1) is 0 Å². The molecule has 0 radical (unpaired) electrons. The quantitative estimate of drug-likeness (QED) is 0.416. The van der Waals surface area contributed by atoms with E-state index in [9.17, 15) is 9.59 Å². The molecule has 9 heteroatoms. The van der Waals surface area contributed by atoms with Gasteiger partial charge in [-0.15, -0.1) is 0 Å². The third kappa shape index (κ3) is 6.42. The molecule has 8 nitrogen and oxygen atoms in total. The van der Waals surface area contributed by atoms with Crippen molar-refractivity contribution in [1.82, 2.24) is 5.32 Å².